The van der Waals surface area contributed by atoms with Gasteiger partial charge in [0.25, 0.3) is 5.56 Å². The zero-order chi connectivity index (χ0) is 17.1. The molecule has 1 aromatic carbocycles. The van der Waals surface area contributed by atoms with Crippen molar-refractivity contribution in [3.63, 3.8) is 0 Å². The Morgan fingerprint density at radius 3 is 2.79 bits per heavy atom. The molecule has 122 valence electrons. The van der Waals surface area contributed by atoms with Gasteiger partial charge in [0, 0.05) is 30.6 Å². The van der Waals surface area contributed by atoms with Crippen LogP contribution >= 0.6 is 0 Å². The van der Waals surface area contributed by atoms with Crippen LogP contribution in [-0.2, 0) is 11.8 Å². The minimum absolute atomic E-state index is 0.238. The Labute approximate surface area is 138 Å². The monoisotopic (exact) mass is 324 g/mol. The summed E-state index contributed by atoms with van der Waals surface area (Å²) in [5.74, 6) is 0.224. The molecule has 0 saturated heterocycles. The van der Waals surface area contributed by atoms with Crippen molar-refractivity contribution in [2.45, 2.75) is 6.92 Å². The molecule has 0 fully saturated rings. The van der Waals surface area contributed by atoms with Crippen molar-refractivity contribution in [2.75, 3.05) is 6.61 Å². The zero-order valence-corrected chi connectivity index (χ0v) is 13.3. The van der Waals surface area contributed by atoms with Gasteiger partial charge in [0.1, 0.15) is 6.33 Å². The maximum Gasteiger partial charge on any atom is 0.339 e. The van der Waals surface area contributed by atoms with E-state index in [1.165, 1.54) is 22.9 Å². The largest absolute Gasteiger partial charge is 0.462 e. The quantitative estimate of drug-likeness (QED) is 0.684. The molecular formula is C17H16N4O3. The van der Waals surface area contributed by atoms with E-state index in [1.807, 2.05) is 25.2 Å². The number of hydrogen-bond donors (Lipinski definition) is 0. The molecule has 3 aromatic rings. The van der Waals surface area contributed by atoms with E-state index in [4.69, 9.17) is 4.74 Å². The van der Waals surface area contributed by atoms with Gasteiger partial charge >= 0.3 is 5.97 Å². The Balaban J connectivity index is 2.06. The molecule has 0 saturated carbocycles. The lowest BCUT2D eigenvalue weighted by Gasteiger charge is -2.09. The molecule has 2 heterocycles. The molecule has 0 atom stereocenters. The molecule has 3 rings (SSSR count). The highest BCUT2D eigenvalue weighted by molar-refractivity contribution is 5.89. The van der Waals surface area contributed by atoms with E-state index >= 15 is 0 Å². The van der Waals surface area contributed by atoms with Gasteiger partial charge in [-0.15, -0.1) is 10.2 Å². The predicted molar refractivity (Wildman–Crippen MR) is 88.0 cm³/mol. The van der Waals surface area contributed by atoms with Crippen molar-refractivity contribution in [3.8, 4) is 17.1 Å². The molecule has 0 aliphatic rings. The van der Waals surface area contributed by atoms with Gasteiger partial charge in [0.15, 0.2) is 5.82 Å². The molecular weight excluding hydrogens is 308 g/mol. The first-order valence-corrected chi connectivity index (χ1v) is 7.45. The van der Waals surface area contributed by atoms with E-state index in [0.717, 1.165) is 5.56 Å². The number of aromatic nitrogens is 4. The maximum absolute atomic E-state index is 12.2. The van der Waals surface area contributed by atoms with Gasteiger partial charge in [-0.25, -0.2) is 4.79 Å². The van der Waals surface area contributed by atoms with Crippen LogP contribution in [0.2, 0.25) is 0 Å². The zero-order valence-electron chi connectivity index (χ0n) is 13.3. The van der Waals surface area contributed by atoms with Gasteiger partial charge in [0.2, 0.25) is 0 Å². The second-order valence-corrected chi connectivity index (χ2v) is 5.16. The molecule has 7 heteroatoms. The molecule has 0 aliphatic carbocycles. The number of rotatable bonds is 4. The molecule has 0 N–H and O–H groups in total. The van der Waals surface area contributed by atoms with Crippen molar-refractivity contribution < 1.29 is 9.53 Å². The summed E-state index contributed by atoms with van der Waals surface area (Å²) in [6.07, 6.45) is 3.09. The summed E-state index contributed by atoms with van der Waals surface area (Å²) in [7, 11) is 1.84. The number of ether oxygens (including phenoxy) is 1. The first kappa shape index (κ1) is 15.7. The van der Waals surface area contributed by atoms with Gasteiger partial charge in [-0.2, -0.15) is 0 Å². The van der Waals surface area contributed by atoms with Crippen LogP contribution in [0.25, 0.3) is 17.1 Å². The number of benzene rings is 1. The summed E-state index contributed by atoms with van der Waals surface area (Å²) in [5.41, 5.74) is 1.53. The van der Waals surface area contributed by atoms with Crippen LogP contribution < -0.4 is 5.56 Å². The Kier molecular flexibility index (Phi) is 4.24. The number of esters is 1. The minimum Gasteiger partial charge on any atom is -0.462 e. The molecule has 0 spiro atoms. The third kappa shape index (κ3) is 2.96. The van der Waals surface area contributed by atoms with Crippen LogP contribution in [0, 0.1) is 0 Å². The second-order valence-electron chi connectivity index (χ2n) is 5.16. The van der Waals surface area contributed by atoms with E-state index in [0.29, 0.717) is 17.1 Å². The Morgan fingerprint density at radius 2 is 2.08 bits per heavy atom. The van der Waals surface area contributed by atoms with E-state index < -0.39 is 5.97 Å². The number of carbonyl (C=O) groups is 1. The number of pyridine rings is 1. The van der Waals surface area contributed by atoms with Gasteiger partial charge in [-0.05, 0) is 25.1 Å². The SMILES string of the molecule is CCOC(=O)c1ccc(=O)n(-c2cccc(-c3nncn3C)c2)c1. The summed E-state index contributed by atoms with van der Waals surface area (Å²) in [5, 5.41) is 7.92. The van der Waals surface area contributed by atoms with Crippen LogP contribution in [0.3, 0.4) is 0 Å². The predicted octanol–water partition coefficient (Wildman–Crippen LogP) is 1.81. The summed E-state index contributed by atoms with van der Waals surface area (Å²) in [6.45, 7) is 2.01. The highest BCUT2D eigenvalue weighted by Crippen LogP contribution is 2.19. The number of hydrogen-bond acceptors (Lipinski definition) is 5. The third-order valence-corrected chi connectivity index (χ3v) is 3.52. The average molecular weight is 324 g/mol. The molecule has 0 aliphatic heterocycles. The van der Waals surface area contributed by atoms with Crippen molar-refractivity contribution in [1.29, 1.82) is 0 Å². The third-order valence-electron chi connectivity index (χ3n) is 3.52. The number of nitrogens with zero attached hydrogens (tertiary/aromatic N) is 4. The molecule has 0 bridgehead atoms. The van der Waals surface area contributed by atoms with Crippen molar-refractivity contribution >= 4 is 5.97 Å². The highest BCUT2D eigenvalue weighted by atomic mass is 16.5. The summed E-state index contributed by atoms with van der Waals surface area (Å²) >= 11 is 0. The van der Waals surface area contributed by atoms with E-state index in [9.17, 15) is 9.59 Å². The Morgan fingerprint density at radius 1 is 1.25 bits per heavy atom. The smallest absolute Gasteiger partial charge is 0.339 e. The Bertz CT molecular complexity index is 943. The fourth-order valence-electron chi connectivity index (χ4n) is 2.36. The lowest BCUT2D eigenvalue weighted by atomic mass is 10.1. The lowest BCUT2D eigenvalue weighted by Crippen LogP contribution is -2.19. The fraction of sp³-hybridized carbons (Fsp3) is 0.176. The van der Waals surface area contributed by atoms with E-state index in [-0.39, 0.29) is 12.2 Å². The van der Waals surface area contributed by atoms with Crippen LogP contribution in [-0.4, -0.2) is 31.9 Å². The second kappa shape index (κ2) is 6.49. The molecule has 7 nitrogen and oxygen atoms in total. The molecule has 24 heavy (non-hydrogen) atoms. The van der Waals surface area contributed by atoms with E-state index in [2.05, 4.69) is 10.2 Å². The molecule has 2 aromatic heterocycles. The topological polar surface area (TPSA) is 79.0 Å². The van der Waals surface area contributed by atoms with Gasteiger partial charge in [0.05, 0.1) is 12.2 Å². The normalized spacial score (nSPS) is 10.6. The van der Waals surface area contributed by atoms with Crippen LogP contribution in [0.15, 0.2) is 53.7 Å². The maximum atomic E-state index is 12.2. The summed E-state index contributed by atoms with van der Waals surface area (Å²) in [4.78, 5) is 24.1. The number of aryl methyl sites for hydroxylation is 1. The van der Waals surface area contributed by atoms with Crippen LogP contribution in [0.5, 0.6) is 0 Å². The van der Waals surface area contributed by atoms with Gasteiger partial charge in [-0.3, -0.25) is 9.36 Å². The summed E-state index contributed by atoms with van der Waals surface area (Å²) in [6, 6.07) is 10.1. The highest BCUT2D eigenvalue weighted by Gasteiger charge is 2.11. The Hall–Kier alpha value is -3.22. The van der Waals surface area contributed by atoms with Gasteiger partial charge < -0.3 is 9.30 Å². The van der Waals surface area contributed by atoms with Crippen molar-refractivity contribution in [2.24, 2.45) is 7.05 Å². The first-order chi connectivity index (χ1) is 11.6. The average Bonchev–Trinajstić information content (AvgIpc) is 3.01. The van der Waals surface area contributed by atoms with Crippen LogP contribution in [0.4, 0.5) is 0 Å². The minimum atomic E-state index is -0.462. The molecule has 0 amide bonds. The molecule has 0 radical (unpaired) electrons. The number of carbonyl (C=O) groups excluding carboxylic acids is 1. The lowest BCUT2D eigenvalue weighted by molar-refractivity contribution is 0.0525. The van der Waals surface area contributed by atoms with Gasteiger partial charge in [-0.1, -0.05) is 12.1 Å². The fourth-order valence-corrected chi connectivity index (χ4v) is 2.36. The van der Waals surface area contributed by atoms with Crippen molar-refractivity contribution in [3.05, 3.63) is 64.8 Å². The van der Waals surface area contributed by atoms with E-state index in [1.54, 1.807) is 23.9 Å². The van der Waals surface area contributed by atoms with Crippen molar-refractivity contribution in [1.82, 2.24) is 19.3 Å². The standard InChI is InChI=1S/C17H16N4O3/c1-3-24-17(23)13-7-8-15(22)21(10-13)14-6-4-5-12(9-14)16-19-18-11-20(16)2/h4-11H,3H2,1-2H3. The first-order valence-electron chi connectivity index (χ1n) is 7.45. The van der Waals surface area contributed by atoms with Crippen LogP contribution in [0.1, 0.15) is 17.3 Å². The molecule has 0 unspecified atom stereocenters. The summed E-state index contributed by atoms with van der Waals surface area (Å²) < 4.78 is 8.18.